The summed E-state index contributed by atoms with van der Waals surface area (Å²) in [4.78, 5) is 38.2. The fourth-order valence-electron chi connectivity index (χ4n) is 9.16. The largest absolute Gasteiger partial charge is 0.462 e. The molecule has 0 aromatic heterocycles. The Bertz CT molecular complexity index is 1170. The molecule has 0 aromatic carbocycles. The van der Waals surface area contributed by atoms with Gasteiger partial charge in [0.2, 0.25) is 0 Å². The first-order chi connectivity index (χ1) is 34.5. The highest BCUT2D eigenvalue weighted by Gasteiger charge is 2.19. The van der Waals surface area contributed by atoms with Crippen molar-refractivity contribution in [1.29, 1.82) is 0 Å². The predicted molar refractivity (Wildman–Crippen MR) is 302 cm³/mol. The highest BCUT2D eigenvalue weighted by molar-refractivity contribution is 5.71. The lowest BCUT2D eigenvalue weighted by Crippen LogP contribution is -2.30. The lowest BCUT2D eigenvalue weighted by atomic mass is 10.0. The summed E-state index contributed by atoms with van der Waals surface area (Å²) < 4.78 is 16.9. The van der Waals surface area contributed by atoms with E-state index in [1.807, 2.05) is 0 Å². The normalized spacial score (nSPS) is 12.2. The molecule has 70 heavy (non-hydrogen) atoms. The number of carbonyl (C=O) groups excluding carboxylic acids is 3. The summed E-state index contributed by atoms with van der Waals surface area (Å²) in [5.74, 6) is -0.868. The third kappa shape index (κ3) is 56.5. The third-order valence-corrected chi connectivity index (χ3v) is 13.9. The average Bonchev–Trinajstić information content (AvgIpc) is 3.36. The molecular formula is C64H118O6. The zero-order chi connectivity index (χ0) is 50.7. The first kappa shape index (κ1) is 67.6. The second kappa shape index (κ2) is 59.2. The second-order valence-electron chi connectivity index (χ2n) is 21.0. The number of unbranched alkanes of at least 4 members (excludes halogenated alkanes) is 40. The van der Waals surface area contributed by atoms with E-state index in [1.54, 1.807) is 0 Å². The van der Waals surface area contributed by atoms with Gasteiger partial charge in [-0.05, 0) is 70.6 Å². The van der Waals surface area contributed by atoms with Crippen LogP contribution >= 0.6 is 0 Å². The van der Waals surface area contributed by atoms with Crippen LogP contribution in [0.25, 0.3) is 0 Å². The van der Waals surface area contributed by atoms with Gasteiger partial charge in [0.25, 0.3) is 0 Å². The maximum Gasteiger partial charge on any atom is 0.306 e. The standard InChI is InChI=1S/C64H118O6/c1-4-7-10-13-16-19-22-25-28-30-32-34-36-39-42-45-48-51-54-57-63(66)69-60-61(59-68-62(65)56-53-50-47-44-41-38-27-24-21-18-15-12-9-6-3)70-64(67)58-55-52-49-46-43-40-37-35-33-31-29-26-23-20-17-14-11-8-5-2/h15,18,24-25,27-28,61H,4-14,16-17,19-23,26,29-60H2,1-3H3/b18-15+,27-24+,28-25+/t61-/m1/s1. The molecule has 6 nitrogen and oxygen atoms in total. The van der Waals surface area contributed by atoms with Gasteiger partial charge in [0.05, 0.1) is 0 Å². The molecule has 0 saturated heterocycles. The summed E-state index contributed by atoms with van der Waals surface area (Å²) in [6.07, 6.45) is 71.4. The van der Waals surface area contributed by atoms with Crippen LogP contribution in [0, 0.1) is 0 Å². The molecule has 0 heterocycles. The lowest BCUT2D eigenvalue weighted by molar-refractivity contribution is -0.167. The van der Waals surface area contributed by atoms with Crippen molar-refractivity contribution >= 4 is 17.9 Å². The van der Waals surface area contributed by atoms with Crippen LogP contribution in [0.15, 0.2) is 36.5 Å². The minimum absolute atomic E-state index is 0.0739. The molecule has 0 fully saturated rings. The Balaban J connectivity index is 4.32. The Morgan fingerprint density at radius 2 is 0.529 bits per heavy atom. The SMILES string of the molecule is CCCC/C=C/C/C=C/CCCCCCCC(=O)OC[C@H](COC(=O)CCCCCCCCCCC/C=C/CCCCCCCC)OC(=O)CCCCCCCCCCCCCCCCCCCCC. The molecule has 0 radical (unpaired) electrons. The minimum Gasteiger partial charge on any atom is -0.462 e. The molecule has 0 unspecified atom stereocenters. The number of ether oxygens (including phenoxy) is 3. The van der Waals surface area contributed by atoms with Crippen molar-refractivity contribution in [2.75, 3.05) is 13.2 Å². The van der Waals surface area contributed by atoms with Crippen LogP contribution in [0.3, 0.4) is 0 Å². The van der Waals surface area contributed by atoms with Gasteiger partial charge in [-0.3, -0.25) is 14.4 Å². The Morgan fingerprint density at radius 3 is 0.843 bits per heavy atom. The molecule has 6 heteroatoms. The number of allylic oxidation sites excluding steroid dienone is 6. The van der Waals surface area contributed by atoms with Gasteiger partial charge in [0, 0.05) is 19.3 Å². The van der Waals surface area contributed by atoms with Crippen molar-refractivity contribution in [2.24, 2.45) is 0 Å². The van der Waals surface area contributed by atoms with Crippen molar-refractivity contribution in [3.63, 3.8) is 0 Å². The zero-order valence-electron chi connectivity index (χ0n) is 47.1. The van der Waals surface area contributed by atoms with Gasteiger partial charge in [0.1, 0.15) is 13.2 Å². The first-order valence-corrected chi connectivity index (χ1v) is 31.0. The predicted octanol–water partition coefficient (Wildman–Crippen LogP) is 20.8. The van der Waals surface area contributed by atoms with E-state index >= 15 is 0 Å². The van der Waals surface area contributed by atoms with E-state index in [-0.39, 0.29) is 31.1 Å². The number of carbonyl (C=O) groups is 3. The number of hydrogen-bond acceptors (Lipinski definition) is 6. The van der Waals surface area contributed by atoms with Crippen LogP contribution in [-0.4, -0.2) is 37.2 Å². The molecule has 0 aliphatic carbocycles. The monoisotopic (exact) mass is 983 g/mol. The average molecular weight is 984 g/mol. The molecule has 0 spiro atoms. The first-order valence-electron chi connectivity index (χ1n) is 31.0. The quantitative estimate of drug-likeness (QED) is 0.0261. The molecule has 0 amide bonds. The van der Waals surface area contributed by atoms with E-state index in [1.165, 1.54) is 218 Å². The summed E-state index contributed by atoms with van der Waals surface area (Å²) in [6.45, 7) is 6.64. The van der Waals surface area contributed by atoms with Crippen molar-refractivity contribution in [2.45, 2.75) is 341 Å². The van der Waals surface area contributed by atoms with E-state index in [0.29, 0.717) is 19.3 Å². The minimum atomic E-state index is -0.776. The zero-order valence-corrected chi connectivity index (χ0v) is 47.1. The molecule has 0 rings (SSSR count). The Hall–Kier alpha value is -2.37. The van der Waals surface area contributed by atoms with Crippen LogP contribution < -0.4 is 0 Å². The maximum absolute atomic E-state index is 12.9. The van der Waals surface area contributed by atoms with Gasteiger partial charge < -0.3 is 14.2 Å². The highest BCUT2D eigenvalue weighted by Crippen LogP contribution is 2.17. The highest BCUT2D eigenvalue weighted by atomic mass is 16.6. The molecule has 0 bridgehead atoms. The van der Waals surface area contributed by atoms with Gasteiger partial charge in [0.15, 0.2) is 6.10 Å². The number of hydrogen-bond donors (Lipinski definition) is 0. The van der Waals surface area contributed by atoms with Crippen LogP contribution in [0.4, 0.5) is 0 Å². The lowest BCUT2D eigenvalue weighted by Gasteiger charge is -2.18. The van der Waals surface area contributed by atoms with Crippen LogP contribution in [0.1, 0.15) is 335 Å². The van der Waals surface area contributed by atoms with E-state index in [0.717, 1.165) is 77.0 Å². The summed E-state index contributed by atoms with van der Waals surface area (Å²) in [7, 11) is 0. The molecule has 0 saturated carbocycles. The van der Waals surface area contributed by atoms with Crippen LogP contribution in [0.5, 0.6) is 0 Å². The maximum atomic E-state index is 12.9. The molecule has 0 N–H and O–H groups in total. The molecule has 410 valence electrons. The molecule has 0 aliphatic heterocycles. The van der Waals surface area contributed by atoms with E-state index < -0.39 is 6.10 Å². The molecule has 0 aliphatic rings. The van der Waals surface area contributed by atoms with Crippen LogP contribution in [-0.2, 0) is 28.6 Å². The number of rotatable bonds is 57. The Morgan fingerprint density at radius 1 is 0.286 bits per heavy atom. The van der Waals surface area contributed by atoms with E-state index in [4.69, 9.17) is 14.2 Å². The smallest absolute Gasteiger partial charge is 0.306 e. The van der Waals surface area contributed by atoms with Gasteiger partial charge in [-0.15, -0.1) is 0 Å². The Kier molecular flexibility index (Phi) is 57.2. The Labute approximate surface area is 435 Å². The van der Waals surface area contributed by atoms with E-state index in [2.05, 4.69) is 57.2 Å². The van der Waals surface area contributed by atoms with Crippen molar-refractivity contribution in [3.8, 4) is 0 Å². The van der Waals surface area contributed by atoms with E-state index in [9.17, 15) is 14.4 Å². The van der Waals surface area contributed by atoms with Gasteiger partial charge in [-0.25, -0.2) is 0 Å². The number of esters is 3. The third-order valence-electron chi connectivity index (χ3n) is 13.9. The molecular weight excluding hydrogens is 865 g/mol. The fourth-order valence-corrected chi connectivity index (χ4v) is 9.16. The van der Waals surface area contributed by atoms with Gasteiger partial charge in [-0.2, -0.15) is 0 Å². The van der Waals surface area contributed by atoms with Crippen molar-refractivity contribution in [1.82, 2.24) is 0 Å². The van der Waals surface area contributed by atoms with Crippen LogP contribution in [0.2, 0.25) is 0 Å². The fraction of sp³-hybridized carbons (Fsp3) is 0.859. The summed E-state index contributed by atoms with van der Waals surface area (Å²) in [5, 5.41) is 0. The van der Waals surface area contributed by atoms with Crippen molar-refractivity contribution in [3.05, 3.63) is 36.5 Å². The summed E-state index contributed by atoms with van der Waals surface area (Å²) in [5.41, 5.74) is 0. The summed E-state index contributed by atoms with van der Waals surface area (Å²) in [6, 6.07) is 0. The van der Waals surface area contributed by atoms with Crippen molar-refractivity contribution < 1.29 is 28.6 Å². The molecule has 1 atom stereocenters. The van der Waals surface area contributed by atoms with Gasteiger partial charge in [-0.1, -0.05) is 282 Å². The summed E-state index contributed by atoms with van der Waals surface area (Å²) >= 11 is 0. The molecule has 0 aromatic rings. The topological polar surface area (TPSA) is 78.9 Å². The second-order valence-corrected chi connectivity index (χ2v) is 21.0. The van der Waals surface area contributed by atoms with Gasteiger partial charge >= 0.3 is 17.9 Å².